The summed E-state index contributed by atoms with van der Waals surface area (Å²) in [5.74, 6) is -0.153. The van der Waals surface area contributed by atoms with Gasteiger partial charge in [-0.25, -0.2) is 0 Å². The Morgan fingerprint density at radius 2 is 1.39 bits per heavy atom. The molecule has 0 aromatic carbocycles. The first-order chi connectivity index (χ1) is 10.8. The second-order valence-electron chi connectivity index (χ2n) is 5.75. The number of allylic oxidation sites excluding steroid dienone is 1. The van der Waals surface area contributed by atoms with Crippen LogP contribution in [-0.4, -0.2) is 84.3 Å². The average molecular weight is 341 g/mol. The highest BCUT2D eigenvalue weighted by molar-refractivity contribution is 7.85. The lowest BCUT2D eigenvalue weighted by atomic mass is 10.0. The van der Waals surface area contributed by atoms with Crippen molar-refractivity contribution in [1.29, 1.82) is 0 Å². The monoisotopic (exact) mass is 341 g/mol. The molecule has 1 N–H and O–H groups in total. The Balaban J connectivity index is 0.000000227. The second-order valence-corrected chi connectivity index (χ2v) is 7.49. The van der Waals surface area contributed by atoms with Gasteiger partial charge in [0.2, 0.25) is 11.6 Å². The fraction of sp³-hybridized carbons (Fsp3) is 0.571. The molecule has 0 amide bonds. The van der Waals surface area contributed by atoms with E-state index in [4.69, 9.17) is 4.55 Å². The zero-order chi connectivity index (χ0) is 16.8. The highest BCUT2D eigenvalue weighted by Crippen LogP contribution is 2.33. The fourth-order valence-electron chi connectivity index (χ4n) is 2.28. The van der Waals surface area contributed by atoms with Crippen LogP contribution in [-0.2, 0) is 19.7 Å². The Kier molecular flexibility index (Phi) is 3.93. The van der Waals surface area contributed by atoms with E-state index in [1.54, 1.807) is 0 Å². The number of Topliss-reactive ketones (excluding diaryl/α,β-unsaturated/α-hetero) is 1. The van der Waals surface area contributed by atoms with Crippen LogP contribution in [0.25, 0.3) is 0 Å². The molecule has 0 bridgehead atoms. The smallest absolute Gasteiger partial charge is 0.264 e. The Morgan fingerprint density at radius 3 is 1.78 bits per heavy atom. The van der Waals surface area contributed by atoms with Gasteiger partial charge in [0.1, 0.15) is 11.4 Å². The van der Waals surface area contributed by atoms with Gasteiger partial charge in [0.25, 0.3) is 10.1 Å². The largest absolute Gasteiger partial charge is 0.365 e. The number of nitrogens with zero attached hydrogens (tertiary/aromatic N) is 3. The van der Waals surface area contributed by atoms with Gasteiger partial charge in [0.15, 0.2) is 0 Å². The van der Waals surface area contributed by atoms with Gasteiger partial charge >= 0.3 is 0 Å². The molecule has 23 heavy (non-hydrogen) atoms. The molecule has 0 saturated carbocycles. The van der Waals surface area contributed by atoms with E-state index in [-0.39, 0.29) is 17.3 Å². The Bertz CT molecular complexity index is 713. The summed E-state index contributed by atoms with van der Waals surface area (Å²) < 4.78 is 26.9. The first-order valence-electron chi connectivity index (χ1n) is 7.57. The van der Waals surface area contributed by atoms with E-state index >= 15 is 0 Å². The average Bonchev–Trinajstić information content (AvgIpc) is 3.34. The molecule has 8 nitrogen and oxygen atoms in total. The van der Waals surface area contributed by atoms with Gasteiger partial charge in [-0.15, -0.1) is 0 Å². The zero-order valence-electron chi connectivity index (χ0n) is 12.9. The minimum Gasteiger partial charge on any atom is -0.365 e. The van der Waals surface area contributed by atoms with Gasteiger partial charge in [-0.3, -0.25) is 14.1 Å². The summed E-state index contributed by atoms with van der Waals surface area (Å²) in [4.78, 5) is 30.5. The van der Waals surface area contributed by atoms with Crippen LogP contribution in [0.3, 0.4) is 0 Å². The van der Waals surface area contributed by atoms with Crippen LogP contribution in [0, 0.1) is 0 Å². The van der Waals surface area contributed by atoms with Crippen molar-refractivity contribution in [2.24, 2.45) is 0 Å². The maximum Gasteiger partial charge on any atom is 0.264 e. The SMILES string of the molecule is CCS(=O)(=O)O.O=C1C=C(N2CC2)C(=O)C(N2CC2)=C1N1CC1. The first-order valence-corrected chi connectivity index (χ1v) is 9.17. The van der Waals surface area contributed by atoms with Gasteiger partial charge in [-0.2, -0.15) is 8.42 Å². The number of rotatable bonds is 4. The maximum absolute atomic E-state index is 12.4. The van der Waals surface area contributed by atoms with Crippen molar-refractivity contribution in [2.75, 3.05) is 45.0 Å². The van der Waals surface area contributed by atoms with Crippen molar-refractivity contribution in [3.05, 3.63) is 23.2 Å². The predicted molar refractivity (Wildman–Crippen MR) is 81.9 cm³/mol. The van der Waals surface area contributed by atoms with Crippen LogP contribution in [0.5, 0.6) is 0 Å². The minimum atomic E-state index is -3.66. The van der Waals surface area contributed by atoms with Crippen molar-refractivity contribution in [2.45, 2.75) is 6.92 Å². The van der Waals surface area contributed by atoms with E-state index in [2.05, 4.69) is 0 Å². The normalized spacial score (nSPS) is 22.7. The van der Waals surface area contributed by atoms with Gasteiger partial charge in [-0.1, -0.05) is 0 Å². The number of ketones is 2. The van der Waals surface area contributed by atoms with Crippen molar-refractivity contribution in [1.82, 2.24) is 14.7 Å². The summed E-state index contributed by atoms with van der Waals surface area (Å²) in [6, 6.07) is 0. The molecule has 9 heteroatoms. The van der Waals surface area contributed by atoms with E-state index in [0.717, 1.165) is 39.3 Å². The van der Waals surface area contributed by atoms with Gasteiger partial charge in [-0.05, 0) is 6.92 Å². The lowest BCUT2D eigenvalue weighted by molar-refractivity contribution is -0.117. The molecule has 4 rings (SSSR count). The molecular weight excluding hydrogens is 322 g/mol. The molecule has 1 aliphatic carbocycles. The lowest BCUT2D eigenvalue weighted by Gasteiger charge is -2.21. The molecule has 126 valence electrons. The van der Waals surface area contributed by atoms with Crippen LogP contribution < -0.4 is 0 Å². The van der Waals surface area contributed by atoms with Crippen molar-refractivity contribution >= 4 is 21.7 Å². The van der Waals surface area contributed by atoms with E-state index in [0.29, 0.717) is 17.1 Å². The number of carbonyl (C=O) groups excluding carboxylic acids is 2. The van der Waals surface area contributed by atoms with Gasteiger partial charge in [0, 0.05) is 45.3 Å². The Morgan fingerprint density at radius 1 is 0.957 bits per heavy atom. The number of carbonyl (C=O) groups is 2. The summed E-state index contributed by atoms with van der Waals surface area (Å²) in [7, 11) is -3.66. The molecule has 0 atom stereocenters. The van der Waals surface area contributed by atoms with E-state index in [1.165, 1.54) is 13.0 Å². The number of hydrogen-bond donors (Lipinski definition) is 1. The third-order valence-electron chi connectivity index (χ3n) is 3.85. The molecule has 0 aromatic rings. The first kappa shape index (κ1) is 16.0. The van der Waals surface area contributed by atoms with Crippen LogP contribution in [0.4, 0.5) is 0 Å². The third kappa shape index (κ3) is 3.73. The van der Waals surface area contributed by atoms with Crippen molar-refractivity contribution in [3.63, 3.8) is 0 Å². The summed E-state index contributed by atoms with van der Waals surface area (Å²) in [6.07, 6.45) is 1.52. The van der Waals surface area contributed by atoms with Gasteiger partial charge < -0.3 is 14.7 Å². The molecule has 3 heterocycles. The molecule has 3 fully saturated rings. The zero-order valence-corrected chi connectivity index (χ0v) is 13.7. The molecule has 3 aliphatic heterocycles. The second kappa shape index (κ2) is 5.64. The fourth-order valence-corrected chi connectivity index (χ4v) is 2.28. The highest BCUT2D eigenvalue weighted by Gasteiger charge is 2.43. The quantitative estimate of drug-likeness (QED) is 0.398. The molecule has 0 radical (unpaired) electrons. The van der Waals surface area contributed by atoms with Crippen LogP contribution in [0.15, 0.2) is 23.2 Å². The Labute approximate surface area is 134 Å². The molecule has 3 saturated heterocycles. The maximum atomic E-state index is 12.4. The number of hydrogen-bond acceptors (Lipinski definition) is 7. The summed E-state index contributed by atoms with van der Waals surface area (Å²) >= 11 is 0. The predicted octanol–water partition coefficient (Wildman–Crippen LogP) is -0.925. The lowest BCUT2D eigenvalue weighted by Crippen LogP contribution is -2.29. The highest BCUT2D eigenvalue weighted by atomic mass is 32.2. The van der Waals surface area contributed by atoms with E-state index < -0.39 is 10.1 Å². The van der Waals surface area contributed by atoms with Crippen LogP contribution >= 0.6 is 0 Å². The molecule has 0 spiro atoms. The summed E-state index contributed by atoms with van der Waals surface area (Å²) in [6.45, 7) is 6.78. The molecule has 0 aromatic heterocycles. The van der Waals surface area contributed by atoms with E-state index in [1.807, 2.05) is 14.7 Å². The standard InChI is InChI=1S/C12H13N3O2.C2H6O3S/c16-9-7-8(13-1-2-13)12(17)11(15-5-6-15)10(9)14-3-4-14;1-2-6(3,4)5/h7H,1-6H2;2H2,1H3,(H,3,4,5). The summed E-state index contributed by atoms with van der Waals surface area (Å²) in [5.41, 5.74) is 1.89. The molecular formula is C14H19N3O5S. The van der Waals surface area contributed by atoms with Crippen molar-refractivity contribution < 1.29 is 22.6 Å². The summed E-state index contributed by atoms with van der Waals surface area (Å²) in [5, 5.41) is 0. The molecule has 0 unspecified atom stereocenters. The molecule has 4 aliphatic rings. The van der Waals surface area contributed by atoms with Crippen molar-refractivity contribution in [3.8, 4) is 0 Å². The van der Waals surface area contributed by atoms with Crippen LogP contribution in [0.2, 0.25) is 0 Å². The van der Waals surface area contributed by atoms with Crippen LogP contribution in [0.1, 0.15) is 6.92 Å². The third-order valence-corrected chi connectivity index (χ3v) is 4.58. The Hall–Kier alpha value is -1.87. The minimum absolute atomic E-state index is 0.00546. The topological polar surface area (TPSA) is 97.5 Å². The van der Waals surface area contributed by atoms with Gasteiger partial charge in [0.05, 0.1) is 11.4 Å². The van der Waals surface area contributed by atoms with E-state index in [9.17, 15) is 18.0 Å².